The maximum absolute atomic E-state index is 14.7. The van der Waals surface area contributed by atoms with Crippen molar-refractivity contribution in [1.82, 2.24) is 0 Å². The topological polar surface area (TPSA) is 54.0 Å². The van der Waals surface area contributed by atoms with Gasteiger partial charge in [0.2, 0.25) is 0 Å². The molecular formula is C21H24BFO5. The molecule has 0 atom stereocenters. The summed E-state index contributed by atoms with van der Waals surface area (Å²) in [6.45, 7) is 7.62. The monoisotopic (exact) mass is 386 g/mol. The van der Waals surface area contributed by atoms with E-state index in [2.05, 4.69) is 0 Å². The number of halogens is 1. The molecule has 0 radical (unpaired) electrons. The third kappa shape index (κ3) is 3.91. The zero-order valence-corrected chi connectivity index (χ0v) is 16.7. The fourth-order valence-electron chi connectivity index (χ4n) is 2.85. The molecule has 2 aromatic carbocycles. The third-order valence-corrected chi connectivity index (χ3v) is 5.26. The van der Waals surface area contributed by atoms with Gasteiger partial charge in [0.25, 0.3) is 0 Å². The molecule has 1 aliphatic rings. The Labute approximate surface area is 164 Å². The number of esters is 1. The van der Waals surface area contributed by atoms with Gasteiger partial charge in [-0.25, -0.2) is 9.18 Å². The van der Waals surface area contributed by atoms with E-state index < -0.39 is 30.1 Å². The summed E-state index contributed by atoms with van der Waals surface area (Å²) in [6.07, 6.45) is 0. The molecule has 1 heterocycles. The Kier molecular flexibility index (Phi) is 5.50. The first-order chi connectivity index (χ1) is 13.1. The molecule has 0 amide bonds. The highest BCUT2D eigenvalue weighted by Crippen LogP contribution is 2.37. The van der Waals surface area contributed by atoms with Gasteiger partial charge in [0.05, 0.1) is 18.3 Å². The summed E-state index contributed by atoms with van der Waals surface area (Å²) in [7, 11) is 0.439. The number of ether oxygens (including phenoxy) is 2. The summed E-state index contributed by atoms with van der Waals surface area (Å²) in [6, 6.07) is 11.8. The Hall–Kier alpha value is -2.38. The van der Waals surface area contributed by atoms with Crippen molar-refractivity contribution in [3.05, 3.63) is 59.4 Å². The van der Waals surface area contributed by atoms with Crippen molar-refractivity contribution in [2.45, 2.75) is 45.5 Å². The zero-order chi connectivity index (χ0) is 20.5. The van der Waals surface area contributed by atoms with E-state index in [1.54, 1.807) is 0 Å². The molecule has 0 aliphatic carbocycles. The average molecular weight is 386 g/mol. The molecule has 1 fully saturated rings. The summed E-state index contributed by atoms with van der Waals surface area (Å²) in [5.41, 5.74) is -0.158. The predicted octanol–water partition coefficient (Wildman–Crippen LogP) is 3.49. The minimum atomic E-state index is -0.934. The van der Waals surface area contributed by atoms with Crippen LogP contribution in [0.2, 0.25) is 0 Å². The lowest BCUT2D eigenvalue weighted by atomic mass is 9.77. The molecule has 0 saturated carbocycles. The lowest BCUT2D eigenvalue weighted by molar-refractivity contribution is 0.00578. The number of hydrogen-bond donors (Lipinski definition) is 0. The van der Waals surface area contributed by atoms with Crippen LogP contribution in [0.15, 0.2) is 42.5 Å². The van der Waals surface area contributed by atoms with E-state index in [-0.39, 0.29) is 23.4 Å². The van der Waals surface area contributed by atoms with Crippen LogP contribution in [0, 0.1) is 5.82 Å². The van der Waals surface area contributed by atoms with Crippen LogP contribution >= 0.6 is 0 Å². The van der Waals surface area contributed by atoms with Gasteiger partial charge in [-0.2, -0.15) is 0 Å². The molecule has 1 aliphatic heterocycles. The van der Waals surface area contributed by atoms with Gasteiger partial charge in [-0.15, -0.1) is 0 Å². The van der Waals surface area contributed by atoms with Gasteiger partial charge >= 0.3 is 13.1 Å². The molecule has 3 rings (SSSR count). The number of hydrogen-bond acceptors (Lipinski definition) is 5. The first kappa shape index (κ1) is 20.4. The van der Waals surface area contributed by atoms with E-state index in [0.29, 0.717) is 0 Å². The van der Waals surface area contributed by atoms with Crippen LogP contribution in [-0.4, -0.2) is 31.4 Å². The Bertz CT molecular complexity index is 851. The van der Waals surface area contributed by atoms with Crippen LogP contribution in [0.5, 0.6) is 5.75 Å². The normalized spacial score (nSPS) is 17.4. The zero-order valence-electron chi connectivity index (χ0n) is 16.7. The van der Waals surface area contributed by atoms with Gasteiger partial charge in [-0.05, 0) is 39.3 Å². The second kappa shape index (κ2) is 7.56. The Balaban J connectivity index is 1.87. The molecule has 148 valence electrons. The second-order valence-corrected chi connectivity index (χ2v) is 7.72. The van der Waals surface area contributed by atoms with E-state index >= 15 is 0 Å². The molecule has 0 aromatic heterocycles. The Morgan fingerprint density at radius 1 is 1.07 bits per heavy atom. The SMILES string of the molecule is COc1cc(F)c(B2OC(C)(C)C(C)(C)O2)cc1C(=O)OCc1ccccc1. The number of methoxy groups -OCH3 is 1. The van der Waals surface area contributed by atoms with Crippen molar-refractivity contribution in [3.8, 4) is 5.75 Å². The second-order valence-electron chi connectivity index (χ2n) is 7.72. The highest BCUT2D eigenvalue weighted by Gasteiger charge is 2.52. The molecule has 5 nitrogen and oxygen atoms in total. The van der Waals surface area contributed by atoms with Crippen LogP contribution < -0.4 is 10.2 Å². The van der Waals surface area contributed by atoms with Gasteiger partial charge in [0.15, 0.2) is 0 Å². The summed E-state index contributed by atoms with van der Waals surface area (Å²) < 4.78 is 37.1. The lowest BCUT2D eigenvalue weighted by Crippen LogP contribution is -2.41. The van der Waals surface area contributed by atoms with E-state index in [1.807, 2.05) is 58.0 Å². The summed E-state index contributed by atoms with van der Waals surface area (Å²) >= 11 is 0. The van der Waals surface area contributed by atoms with Crippen molar-refractivity contribution >= 4 is 18.6 Å². The van der Waals surface area contributed by atoms with Crippen molar-refractivity contribution < 1.29 is 28.0 Å². The first-order valence-electron chi connectivity index (χ1n) is 9.09. The number of rotatable bonds is 5. The molecule has 28 heavy (non-hydrogen) atoms. The molecule has 1 saturated heterocycles. The van der Waals surface area contributed by atoms with E-state index in [1.165, 1.54) is 13.2 Å². The summed E-state index contributed by atoms with van der Waals surface area (Å²) in [4.78, 5) is 12.6. The van der Waals surface area contributed by atoms with Gasteiger partial charge < -0.3 is 18.8 Å². The van der Waals surface area contributed by atoms with Gasteiger partial charge in [-0.1, -0.05) is 30.3 Å². The number of benzene rings is 2. The first-order valence-corrected chi connectivity index (χ1v) is 9.09. The minimum Gasteiger partial charge on any atom is -0.496 e. The van der Waals surface area contributed by atoms with E-state index in [0.717, 1.165) is 11.6 Å². The van der Waals surface area contributed by atoms with Crippen molar-refractivity contribution in [2.24, 2.45) is 0 Å². The fraction of sp³-hybridized carbons (Fsp3) is 0.381. The van der Waals surface area contributed by atoms with Gasteiger partial charge in [0, 0.05) is 11.5 Å². The Morgan fingerprint density at radius 2 is 1.68 bits per heavy atom. The smallest absolute Gasteiger partial charge is 0.496 e. The highest BCUT2D eigenvalue weighted by molar-refractivity contribution is 6.62. The standard InChI is InChI=1S/C21H24BFO5/c1-20(2)21(3,4)28-22(27-20)16-11-15(18(25-5)12-17(16)23)19(24)26-13-14-9-7-6-8-10-14/h6-12H,13H2,1-5H3. The highest BCUT2D eigenvalue weighted by atomic mass is 19.1. The van der Waals surface area contributed by atoms with Gasteiger partial charge in [0.1, 0.15) is 23.7 Å². The van der Waals surface area contributed by atoms with Crippen molar-refractivity contribution in [2.75, 3.05) is 7.11 Å². The molecule has 0 bridgehead atoms. The molecule has 0 unspecified atom stereocenters. The molecule has 0 N–H and O–H groups in total. The maximum Gasteiger partial charge on any atom is 0.497 e. The molecule has 0 spiro atoms. The fourth-order valence-corrected chi connectivity index (χ4v) is 2.85. The van der Waals surface area contributed by atoms with Crippen LogP contribution in [-0.2, 0) is 20.7 Å². The summed E-state index contributed by atoms with van der Waals surface area (Å²) in [5, 5.41) is 0. The lowest BCUT2D eigenvalue weighted by Gasteiger charge is -2.32. The van der Waals surface area contributed by atoms with Gasteiger partial charge in [-0.3, -0.25) is 0 Å². The van der Waals surface area contributed by atoms with Crippen LogP contribution in [0.3, 0.4) is 0 Å². The minimum absolute atomic E-state index is 0.0934. The van der Waals surface area contributed by atoms with Crippen molar-refractivity contribution in [1.29, 1.82) is 0 Å². The number of carbonyl (C=O) groups excluding carboxylic acids is 1. The van der Waals surface area contributed by atoms with Crippen LogP contribution in [0.25, 0.3) is 0 Å². The predicted molar refractivity (Wildman–Crippen MR) is 104 cm³/mol. The largest absolute Gasteiger partial charge is 0.497 e. The quantitative estimate of drug-likeness (QED) is 0.582. The third-order valence-electron chi connectivity index (χ3n) is 5.26. The molecule has 2 aromatic rings. The molecule has 7 heteroatoms. The van der Waals surface area contributed by atoms with Crippen LogP contribution in [0.1, 0.15) is 43.6 Å². The number of carbonyl (C=O) groups is 1. The van der Waals surface area contributed by atoms with Crippen LogP contribution in [0.4, 0.5) is 4.39 Å². The molecular weight excluding hydrogens is 362 g/mol. The van der Waals surface area contributed by atoms with E-state index in [4.69, 9.17) is 18.8 Å². The maximum atomic E-state index is 14.7. The van der Waals surface area contributed by atoms with E-state index in [9.17, 15) is 9.18 Å². The average Bonchev–Trinajstić information content (AvgIpc) is 2.87. The van der Waals surface area contributed by atoms with Crippen molar-refractivity contribution in [3.63, 3.8) is 0 Å². The Morgan fingerprint density at radius 3 is 2.25 bits per heavy atom. The summed E-state index contributed by atoms with van der Waals surface area (Å²) in [5.74, 6) is -1.09.